The monoisotopic (exact) mass is 260 g/mol. The van der Waals surface area contributed by atoms with Gasteiger partial charge in [0.1, 0.15) is 0 Å². The van der Waals surface area contributed by atoms with Crippen molar-refractivity contribution in [2.24, 2.45) is 11.7 Å². The molecule has 0 aromatic heterocycles. The Balaban J connectivity index is 0.000000861. The molecule has 0 bridgehead atoms. The highest BCUT2D eigenvalue weighted by molar-refractivity contribution is 5.60. The Labute approximate surface area is 118 Å². The number of nitrogens with zero attached hydrogens (tertiary/aromatic N) is 1. The molecule has 0 saturated carbocycles. The normalized spacial score (nSPS) is 16.6. The number of likely N-dealkylation sites (tertiary alicyclic amines) is 1. The first-order valence-corrected chi connectivity index (χ1v) is 7.37. The fourth-order valence-corrected chi connectivity index (χ4v) is 2.45. The van der Waals surface area contributed by atoms with E-state index in [1.54, 1.807) is 0 Å². The zero-order chi connectivity index (χ0) is 14.3. The average molecular weight is 260 g/mol. The van der Waals surface area contributed by atoms with Crippen LogP contribution in [0.5, 0.6) is 0 Å². The smallest absolute Gasteiger partial charge is 0.0314 e. The van der Waals surface area contributed by atoms with Gasteiger partial charge in [0.2, 0.25) is 0 Å². The van der Waals surface area contributed by atoms with Gasteiger partial charge >= 0.3 is 0 Å². The lowest BCUT2D eigenvalue weighted by atomic mass is 9.90. The van der Waals surface area contributed by atoms with Crippen molar-refractivity contribution < 1.29 is 0 Å². The van der Waals surface area contributed by atoms with Gasteiger partial charge in [0.15, 0.2) is 0 Å². The van der Waals surface area contributed by atoms with E-state index in [2.05, 4.69) is 42.8 Å². The number of hydrogen-bond acceptors (Lipinski definition) is 2. The third-order valence-corrected chi connectivity index (χ3v) is 3.69. The summed E-state index contributed by atoms with van der Waals surface area (Å²) in [5, 5.41) is 0. The van der Waals surface area contributed by atoms with Crippen molar-refractivity contribution in [2.75, 3.05) is 20.1 Å². The first-order chi connectivity index (χ1) is 9.15. The van der Waals surface area contributed by atoms with Crippen molar-refractivity contribution in [3.8, 4) is 0 Å². The Morgan fingerprint density at radius 1 is 1.21 bits per heavy atom. The first kappa shape index (κ1) is 15.8. The third kappa shape index (κ3) is 5.07. The summed E-state index contributed by atoms with van der Waals surface area (Å²) < 4.78 is 0. The predicted molar refractivity (Wildman–Crippen MR) is 84.9 cm³/mol. The number of nitrogens with two attached hydrogens (primary N) is 1. The molecule has 0 unspecified atom stereocenters. The number of rotatable bonds is 3. The largest absolute Gasteiger partial charge is 0.399 e. The zero-order valence-corrected chi connectivity index (χ0v) is 12.7. The molecule has 106 valence electrons. The van der Waals surface area contributed by atoms with Crippen LogP contribution in [-0.4, -0.2) is 25.0 Å². The summed E-state index contributed by atoms with van der Waals surface area (Å²) in [5.74, 6) is 0.845. The number of piperidine rings is 1. The van der Waals surface area contributed by atoms with E-state index in [1.165, 1.54) is 37.9 Å². The predicted octanol–water partition coefficient (Wildman–Crippen LogP) is 3.53. The van der Waals surface area contributed by atoms with Gasteiger partial charge in [-0.3, -0.25) is 0 Å². The molecule has 0 aliphatic carbocycles. The Kier molecular flexibility index (Phi) is 6.65. The van der Waals surface area contributed by atoms with Gasteiger partial charge in [0.25, 0.3) is 0 Å². The average Bonchev–Trinajstić information content (AvgIpc) is 2.44. The summed E-state index contributed by atoms with van der Waals surface area (Å²) >= 11 is 0. The van der Waals surface area contributed by atoms with Gasteiger partial charge in [-0.2, -0.15) is 0 Å². The van der Waals surface area contributed by atoms with Crippen LogP contribution in [-0.2, 0) is 6.42 Å². The molecule has 1 aromatic carbocycles. The lowest BCUT2D eigenvalue weighted by molar-refractivity contribution is 0.219. The molecular formula is C17H28N2. The summed E-state index contributed by atoms with van der Waals surface area (Å²) in [7, 11) is 2.21. The highest BCUT2D eigenvalue weighted by Crippen LogP contribution is 2.21. The van der Waals surface area contributed by atoms with Crippen molar-refractivity contribution in [1.82, 2.24) is 4.90 Å². The topological polar surface area (TPSA) is 29.3 Å². The minimum Gasteiger partial charge on any atom is -0.399 e. The van der Waals surface area contributed by atoms with Crippen LogP contribution in [0.4, 0.5) is 0 Å². The number of hydrogen-bond donors (Lipinski definition) is 1. The standard InChI is InChI=1S/C15H22N2.C2H6/c1-12(16)15-5-3-13(4-6-15)11-14-7-9-17(2)10-8-14;1-2/h3-6,14H,1,7-11,16H2,2H3;1-2H3. The lowest BCUT2D eigenvalue weighted by Crippen LogP contribution is -2.30. The van der Waals surface area contributed by atoms with E-state index in [9.17, 15) is 0 Å². The molecule has 2 nitrogen and oxygen atoms in total. The second-order valence-corrected chi connectivity index (χ2v) is 5.17. The fraction of sp³-hybridized carbons (Fsp3) is 0.529. The fourth-order valence-electron chi connectivity index (χ4n) is 2.45. The Morgan fingerprint density at radius 3 is 2.21 bits per heavy atom. The van der Waals surface area contributed by atoms with Crippen LogP contribution in [0.15, 0.2) is 30.8 Å². The molecule has 0 amide bonds. The molecule has 1 aromatic rings. The second kappa shape index (κ2) is 8.00. The first-order valence-electron chi connectivity index (χ1n) is 7.37. The van der Waals surface area contributed by atoms with Crippen molar-refractivity contribution in [3.63, 3.8) is 0 Å². The van der Waals surface area contributed by atoms with Crippen molar-refractivity contribution in [2.45, 2.75) is 33.1 Å². The van der Waals surface area contributed by atoms with E-state index in [4.69, 9.17) is 5.73 Å². The molecule has 2 N–H and O–H groups in total. The molecule has 0 atom stereocenters. The summed E-state index contributed by atoms with van der Waals surface area (Å²) in [6, 6.07) is 8.52. The van der Waals surface area contributed by atoms with Crippen LogP contribution in [0.1, 0.15) is 37.8 Å². The molecule has 1 aliphatic rings. The van der Waals surface area contributed by atoms with Crippen molar-refractivity contribution in [1.29, 1.82) is 0 Å². The van der Waals surface area contributed by atoms with Gasteiger partial charge < -0.3 is 10.6 Å². The Morgan fingerprint density at radius 2 is 1.74 bits per heavy atom. The molecule has 1 saturated heterocycles. The van der Waals surface area contributed by atoms with E-state index in [-0.39, 0.29) is 0 Å². The zero-order valence-electron chi connectivity index (χ0n) is 12.7. The minimum atomic E-state index is 0.649. The maximum absolute atomic E-state index is 5.66. The molecule has 0 spiro atoms. The van der Waals surface area contributed by atoms with Gasteiger partial charge in [0.05, 0.1) is 0 Å². The van der Waals surface area contributed by atoms with E-state index in [1.807, 2.05) is 13.8 Å². The van der Waals surface area contributed by atoms with Gasteiger partial charge in [-0.05, 0) is 56.4 Å². The highest BCUT2D eigenvalue weighted by Gasteiger charge is 2.16. The van der Waals surface area contributed by atoms with Gasteiger partial charge in [-0.25, -0.2) is 0 Å². The summed E-state index contributed by atoms with van der Waals surface area (Å²) in [4.78, 5) is 2.41. The quantitative estimate of drug-likeness (QED) is 0.901. The summed E-state index contributed by atoms with van der Waals surface area (Å²) in [6.45, 7) is 10.2. The van der Waals surface area contributed by atoms with E-state index >= 15 is 0 Å². The highest BCUT2D eigenvalue weighted by atomic mass is 15.1. The van der Waals surface area contributed by atoms with Gasteiger partial charge in [0, 0.05) is 5.70 Å². The van der Waals surface area contributed by atoms with Crippen LogP contribution in [0.3, 0.4) is 0 Å². The molecule has 19 heavy (non-hydrogen) atoms. The molecule has 0 radical (unpaired) electrons. The molecule has 1 fully saturated rings. The van der Waals surface area contributed by atoms with E-state index in [0.717, 1.165) is 11.5 Å². The van der Waals surface area contributed by atoms with Crippen LogP contribution in [0.25, 0.3) is 5.70 Å². The molecule has 2 rings (SSSR count). The van der Waals surface area contributed by atoms with Gasteiger partial charge in [-0.1, -0.05) is 44.7 Å². The third-order valence-electron chi connectivity index (χ3n) is 3.69. The van der Waals surface area contributed by atoms with E-state index in [0.29, 0.717) is 5.70 Å². The molecular weight excluding hydrogens is 232 g/mol. The SMILES string of the molecule is C=C(N)c1ccc(CC2CCN(C)CC2)cc1.CC. The minimum absolute atomic E-state index is 0.649. The molecule has 1 aliphatic heterocycles. The van der Waals surface area contributed by atoms with Crippen LogP contribution in [0.2, 0.25) is 0 Å². The Bertz CT molecular complexity index is 373. The van der Waals surface area contributed by atoms with Crippen molar-refractivity contribution in [3.05, 3.63) is 42.0 Å². The van der Waals surface area contributed by atoms with Crippen LogP contribution >= 0.6 is 0 Å². The lowest BCUT2D eigenvalue weighted by Gasteiger charge is -2.28. The summed E-state index contributed by atoms with van der Waals surface area (Å²) in [6.07, 6.45) is 3.84. The molecule has 1 heterocycles. The second-order valence-electron chi connectivity index (χ2n) is 5.17. The maximum Gasteiger partial charge on any atom is 0.0314 e. The maximum atomic E-state index is 5.66. The Hall–Kier alpha value is -1.28. The van der Waals surface area contributed by atoms with E-state index < -0.39 is 0 Å². The van der Waals surface area contributed by atoms with Crippen LogP contribution in [0, 0.1) is 5.92 Å². The summed E-state index contributed by atoms with van der Waals surface area (Å²) in [5.41, 5.74) is 8.77. The van der Waals surface area contributed by atoms with Crippen LogP contribution < -0.4 is 5.73 Å². The number of benzene rings is 1. The van der Waals surface area contributed by atoms with Crippen molar-refractivity contribution >= 4 is 5.70 Å². The molecule has 2 heteroatoms. The van der Waals surface area contributed by atoms with Gasteiger partial charge in [-0.15, -0.1) is 0 Å².